The molecule has 3 aromatic rings. The number of aliphatic hydroxyl groups excluding tert-OH is 1. The number of nitriles is 1. The number of esters is 1. The van der Waals surface area contributed by atoms with Crippen LogP contribution in [0.1, 0.15) is 31.9 Å². The molecule has 2 aliphatic rings. The van der Waals surface area contributed by atoms with Crippen molar-refractivity contribution in [2.24, 2.45) is 0 Å². The first-order valence-corrected chi connectivity index (χ1v) is 14.2. The number of hydrogen-bond donors (Lipinski definition) is 4. The second-order valence-corrected chi connectivity index (χ2v) is 11.5. The molecule has 2 aromatic heterocycles. The second kappa shape index (κ2) is 10.8. The first-order chi connectivity index (χ1) is 19.1. The third-order valence-electron chi connectivity index (χ3n) is 7.02. The Morgan fingerprint density at radius 1 is 1.35 bits per heavy atom. The molecule has 15 heteroatoms. The summed E-state index contributed by atoms with van der Waals surface area (Å²) in [4.78, 5) is 16.5. The number of benzene rings is 1. The van der Waals surface area contributed by atoms with Crippen LogP contribution in [0, 0.1) is 11.3 Å². The summed E-state index contributed by atoms with van der Waals surface area (Å²) < 4.78 is 37.4. The third kappa shape index (κ3) is 5.15. The predicted octanol–water partition coefficient (Wildman–Crippen LogP) is 1.43. The number of nitrogen functional groups attached to an aromatic ring is 1. The lowest BCUT2D eigenvalue weighted by molar-refractivity contribution is -0.154. The molecule has 1 aromatic carbocycles. The Bertz CT molecular complexity index is 1480. The van der Waals surface area contributed by atoms with Crippen LogP contribution in [0.4, 0.5) is 5.82 Å². The average Bonchev–Trinajstić information content (AvgIpc) is 3.47. The van der Waals surface area contributed by atoms with Crippen molar-refractivity contribution in [3.63, 3.8) is 0 Å². The lowest BCUT2D eigenvalue weighted by Gasteiger charge is -2.31. The minimum atomic E-state index is -4.38. The lowest BCUT2D eigenvalue weighted by Crippen LogP contribution is -2.51. The molecule has 1 saturated carbocycles. The fraction of sp³-hybridized carbons (Fsp3) is 0.440. The van der Waals surface area contributed by atoms with Crippen molar-refractivity contribution in [1.82, 2.24) is 19.7 Å². The van der Waals surface area contributed by atoms with E-state index in [0.717, 1.165) is 19.3 Å². The number of nitrogens with one attached hydrogen (secondary N) is 1. The quantitative estimate of drug-likeness (QED) is 0.201. The summed E-state index contributed by atoms with van der Waals surface area (Å²) in [6, 6.07) is 11.8. The second-order valence-electron chi connectivity index (χ2n) is 9.79. The molecule has 5 rings (SSSR count). The maximum atomic E-state index is 13.9. The fourth-order valence-electron chi connectivity index (χ4n) is 4.46. The van der Waals surface area contributed by atoms with Crippen LogP contribution >= 0.6 is 7.75 Å². The van der Waals surface area contributed by atoms with Gasteiger partial charge < -0.3 is 29.9 Å². The molecule has 1 aliphatic carbocycles. The van der Waals surface area contributed by atoms with E-state index in [1.165, 1.54) is 36.0 Å². The molecule has 212 valence electrons. The van der Waals surface area contributed by atoms with Crippen LogP contribution in [0.2, 0.25) is 0 Å². The van der Waals surface area contributed by atoms with Gasteiger partial charge in [0.15, 0.2) is 11.4 Å². The molecule has 0 bridgehead atoms. The molecule has 5 N–H and O–H groups in total. The number of hydrogen-bond acceptors (Lipinski definition) is 12. The monoisotopic (exact) mass is 572 g/mol. The number of para-hydroxylation sites is 1. The Balaban J connectivity index is 1.37. The van der Waals surface area contributed by atoms with Gasteiger partial charge in [-0.05, 0) is 50.5 Å². The zero-order chi connectivity index (χ0) is 28.5. The number of aromatic nitrogens is 3. The van der Waals surface area contributed by atoms with Gasteiger partial charge in [0, 0.05) is 0 Å². The highest BCUT2D eigenvalue weighted by Gasteiger charge is 2.61. The molecule has 0 spiro atoms. The highest BCUT2D eigenvalue weighted by Crippen LogP contribution is 2.48. The topological polar surface area (TPSA) is 204 Å². The maximum Gasteiger partial charge on any atom is 0.459 e. The summed E-state index contributed by atoms with van der Waals surface area (Å²) in [6.07, 6.45) is 1.57. The molecule has 0 amide bonds. The summed E-state index contributed by atoms with van der Waals surface area (Å²) in [5, 5.41) is 39.4. The first kappa shape index (κ1) is 28.0. The standard InChI is InChI=1S/C25H29N6O8P/c1-16(22(32)38-17-8-5-9-17)30-40(35,39-18-6-3-2-4-7-18)37-13-24(12-26)23(33)25(34,14-36-24)20-11-10-19-21(27)28-15-29-31(19)20/h2-4,6-7,10-11,15-17,23,33-34H,5,8-9,13-14H2,1H3,(H,30,35)(H2,27,28,29)/t16-,23+,24+,25+,40?/m0/s1. The normalized spacial score (nSPS) is 26.9. The van der Waals surface area contributed by atoms with E-state index in [1.807, 2.05) is 6.07 Å². The SMILES string of the molecule is C[C@H](NP(=O)(OC[C@@]1(C#N)OC[C@@](O)(c2ccc3c(N)ncnn23)[C@@H]1O)Oc1ccccc1)C(=O)OC1CCC1. The van der Waals surface area contributed by atoms with E-state index in [4.69, 9.17) is 24.3 Å². The number of fused-ring (bicyclic) bond motifs is 1. The number of aliphatic hydroxyl groups is 2. The van der Waals surface area contributed by atoms with Crippen molar-refractivity contribution in [2.45, 2.75) is 55.6 Å². The van der Waals surface area contributed by atoms with Crippen LogP contribution < -0.4 is 15.3 Å². The highest BCUT2D eigenvalue weighted by atomic mass is 31.2. The molecule has 0 radical (unpaired) electrons. The third-order valence-corrected chi connectivity index (χ3v) is 8.64. The van der Waals surface area contributed by atoms with Crippen LogP contribution in [-0.4, -0.2) is 67.8 Å². The minimum absolute atomic E-state index is 0.0930. The molecule has 1 unspecified atom stereocenters. The van der Waals surface area contributed by atoms with E-state index in [-0.39, 0.29) is 23.4 Å². The number of carbonyl (C=O) groups excluding carboxylic acids is 1. The van der Waals surface area contributed by atoms with Gasteiger partial charge in [0.25, 0.3) is 0 Å². The van der Waals surface area contributed by atoms with E-state index in [9.17, 15) is 24.8 Å². The van der Waals surface area contributed by atoms with Crippen molar-refractivity contribution in [1.29, 1.82) is 5.26 Å². The van der Waals surface area contributed by atoms with Crippen molar-refractivity contribution in [2.75, 3.05) is 18.9 Å². The molecule has 2 fully saturated rings. The smallest absolute Gasteiger partial charge is 0.459 e. The Kier molecular flexibility index (Phi) is 7.54. The first-order valence-electron chi connectivity index (χ1n) is 12.6. The van der Waals surface area contributed by atoms with E-state index in [2.05, 4.69) is 15.2 Å². The molecule has 40 heavy (non-hydrogen) atoms. The molecule has 1 aliphatic heterocycles. The van der Waals surface area contributed by atoms with Crippen LogP contribution in [0.25, 0.3) is 5.52 Å². The van der Waals surface area contributed by atoms with E-state index >= 15 is 0 Å². The predicted molar refractivity (Wildman–Crippen MR) is 139 cm³/mol. The largest absolute Gasteiger partial charge is 0.461 e. The molecular formula is C25H29N6O8P. The number of carbonyl (C=O) groups is 1. The highest BCUT2D eigenvalue weighted by molar-refractivity contribution is 7.52. The van der Waals surface area contributed by atoms with Gasteiger partial charge in [0.05, 0.1) is 12.3 Å². The van der Waals surface area contributed by atoms with Gasteiger partial charge in [-0.3, -0.25) is 9.32 Å². The Hall–Kier alpha value is -3.57. The number of rotatable bonds is 10. The van der Waals surface area contributed by atoms with Crippen LogP contribution in [0.3, 0.4) is 0 Å². The molecular weight excluding hydrogens is 543 g/mol. The average molecular weight is 573 g/mol. The minimum Gasteiger partial charge on any atom is -0.461 e. The van der Waals surface area contributed by atoms with Crippen LogP contribution in [-0.2, 0) is 29.0 Å². The number of ether oxygens (including phenoxy) is 2. The van der Waals surface area contributed by atoms with Crippen molar-refractivity contribution in [3.8, 4) is 11.8 Å². The van der Waals surface area contributed by atoms with Gasteiger partial charge in [-0.1, -0.05) is 18.2 Å². The summed E-state index contributed by atoms with van der Waals surface area (Å²) in [7, 11) is -4.38. The van der Waals surface area contributed by atoms with Gasteiger partial charge in [0.2, 0.25) is 5.60 Å². The molecule has 14 nitrogen and oxygen atoms in total. The van der Waals surface area contributed by atoms with Gasteiger partial charge in [-0.15, -0.1) is 0 Å². The van der Waals surface area contributed by atoms with E-state index in [1.54, 1.807) is 24.3 Å². The van der Waals surface area contributed by atoms with E-state index in [0.29, 0.717) is 5.52 Å². The van der Waals surface area contributed by atoms with Crippen molar-refractivity contribution < 1.29 is 38.1 Å². The Morgan fingerprint density at radius 3 is 2.77 bits per heavy atom. The van der Waals surface area contributed by atoms with Gasteiger partial charge in [-0.2, -0.15) is 15.4 Å². The Labute approximate surface area is 229 Å². The zero-order valence-corrected chi connectivity index (χ0v) is 22.4. The zero-order valence-electron chi connectivity index (χ0n) is 21.5. The molecule has 1 saturated heterocycles. The summed E-state index contributed by atoms with van der Waals surface area (Å²) in [6.45, 7) is 0.119. The van der Waals surface area contributed by atoms with Crippen LogP contribution in [0.5, 0.6) is 5.75 Å². The fourth-order valence-corrected chi connectivity index (χ4v) is 5.98. The van der Waals surface area contributed by atoms with Gasteiger partial charge >= 0.3 is 13.7 Å². The number of nitrogens with two attached hydrogens (primary N) is 1. The van der Waals surface area contributed by atoms with Crippen LogP contribution in [0.15, 0.2) is 48.8 Å². The summed E-state index contributed by atoms with van der Waals surface area (Å²) in [5.41, 5.74) is 2.05. The molecule has 3 heterocycles. The van der Waals surface area contributed by atoms with E-state index < -0.39 is 50.3 Å². The van der Waals surface area contributed by atoms with Crippen molar-refractivity contribution in [3.05, 3.63) is 54.5 Å². The summed E-state index contributed by atoms with van der Waals surface area (Å²) >= 11 is 0. The van der Waals surface area contributed by atoms with Gasteiger partial charge in [0.1, 0.15) is 48.5 Å². The van der Waals surface area contributed by atoms with Crippen molar-refractivity contribution >= 4 is 25.1 Å². The number of anilines is 1. The number of nitrogens with zero attached hydrogens (tertiary/aromatic N) is 4. The van der Waals surface area contributed by atoms with Gasteiger partial charge in [-0.25, -0.2) is 14.1 Å². The maximum absolute atomic E-state index is 13.9. The molecule has 5 atom stereocenters. The lowest BCUT2D eigenvalue weighted by atomic mass is 9.86. The Morgan fingerprint density at radius 2 is 2.10 bits per heavy atom. The summed E-state index contributed by atoms with van der Waals surface area (Å²) in [5.74, 6) is -0.346.